The van der Waals surface area contributed by atoms with Crippen molar-refractivity contribution < 1.29 is 13.2 Å². The summed E-state index contributed by atoms with van der Waals surface area (Å²) in [5, 5.41) is 0.352. The van der Waals surface area contributed by atoms with E-state index in [2.05, 4.69) is 4.72 Å². The Bertz CT molecular complexity index is 476. The number of hydrogen-bond acceptors (Lipinski definition) is 3. The van der Waals surface area contributed by atoms with Gasteiger partial charge in [-0.15, -0.1) is 11.6 Å². The van der Waals surface area contributed by atoms with Gasteiger partial charge in [0.2, 0.25) is 10.0 Å². The lowest BCUT2D eigenvalue weighted by Gasteiger charge is -2.09. The zero-order chi connectivity index (χ0) is 12.9. The third-order valence-electron chi connectivity index (χ3n) is 1.97. The van der Waals surface area contributed by atoms with E-state index < -0.39 is 10.0 Å². The highest BCUT2D eigenvalue weighted by molar-refractivity contribution is 7.92. The fourth-order valence-corrected chi connectivity index (χ4v) is 2.87. The number of anilines is 1. The molecule has 0 bridgehead atoms. The van der Waals surface area contributed by atoms with Crippen LogP contribution < -0.4 is 9.46 Å². The second kappa shape index (κ2) is 6.33. The summed E-state index contributed by atoms with van der Waals surface area (Å²) in [6.07, 6.45) is 0.404. The molecular weight excluding hydrogens is 285 g/mol. The first kappa shape index (κ1) is 14.4. The van der Waals surface area contributed by atoms with Gasteiger partial charge in [0.15, 0.2) is 0 Å². The fraction of sp³-hybridized carbons (Fsp3) is 0.400. The number of rotatable bonds is 6. The minimum absolute atomic E-state index is 0.0137. The van der Waals surface area contributed by atoms with E-state index in [4.69, 9.17) is 27.9 Å². The third-order valence-corrected chi connectivity index (χ3v) is 3.91. The normalized spacial score (nSPS) is 11.2. The summed E-state index contributed by atoms with van der Waals surface area (Å²) in [4.78, 5) is 0. The molecule has 0 atom stereocenters. The van der Waals surface area contributed by atoms with E-state index in [0.717, 1.165) is 0 Å². The maximum absolute atomic E-state index is 11.6. The van der Waals surface area contributed by atoms with E-state index in [9.17, 15) is 8.42 Å². The first-order valence-electron chi connectivity index (χ1n) is 4.88. The quantitative estimate of drug-likeness (QED) is 0.822. The molecule has 0 amide bonds. The summed E-state index contributed by atoms with van der Waals surface area (Å²) in [7, 11) is -1.88. The van der Waals surface area contributed by atoms with Gasteiger partial charge in [0, 0.05) is 5.88 Å². The van der Waals surface area contributed by atoms with Crippen LogP contribution in [0, 0.1) is 0 Å². The van der Waals surface area contributed by atoms with Crippen LogP contribution in [0.25, 0.3) is 0 Å². The van der Waals surface area contributed by atoms with Crippen LogP contribution in [0.4, 0.5) is 5.69 Å². The van der Waals surface area contributed by atoms with E-state index in [1.807, 2.05) is 0 Å². The van der Waals surface area contributed by atoms with E-state index in [1.54, 1.807) is 12.1 Å². The van der Waals surface area contributed by atoms with Gasteiger partial charge in [-0.25, -0.2) is 8.42 Å². The Morgan fingerprint density at radius 1 is 1.41 bits per heavy atom. The number of benzene rings is 1. The molecule has 0 aliphatic heterocycles. The summed E-state index contributed by atoms with van der Waals surface area (Å²) >= 11 is 11.3. The average molecular weight is 298 g/mol. The maximum atomic E-state index is 11.6. The van der Waals surface area contributed by atoms with Gasteiger partial charge >= 0.3 is 0 Å². The Morgan fingerprint density at radius 3 is 2.65 bits per heavy atom. The molecule has 0 spiro atoms. The molecule has 7 heteroatoms. The highest BCUT2D eigenvalue weighted by Crippen LogP contribution is 2.27. The van der Waals surface area contributed by atoms with Crippen molar-refractivity contribution in [2.75, 3.05) is 23.5 Å². The fourth-order valence-electron chi connectivity index (χ4n) is 1.21. The Kier molecular flexibility index (Phi) is 5.36. The molecule has 1 aromatic rings. The maximum Gasteiger partial charge on any atom is 0.232 e. The van der Waals surface area contributed by atoms with Crippen LogP contribution in [0.3, 0.4) is 0 Å². The van der Waals surface area contributed by atoms with E-state index >= 15 is 0 Å². The molecule has 0 radical (unpaired) electrons. The first-order chi connectivity index (χ1) is 7.98. The number of alkyl halides is 1. The van der Waals surface area contributed by atoms with Gasteiger partial charge in [-0.2, -0.15) is 0 Å². The number of sulfonamides is 1. The largest absolute Gasteiger partial charge is 0.495 e. The van der Waals surface area contributed by atoms with Gasteiger partial charge in [-0.1, -0.05) is 11.6 Å². The number of methoxy groups -OCH3 is 1. The summed E-state index contributed by atoms with van der Waals surface area (Å²) < 4.78 is 30.5. The highest BCUT2D eigenvalue weighted by atomic mass is 35.5. The molecule has 0 saturated heterocycles. The highest BCUT2D eigenvalue weighted by Gasteiger charge is 2.11. The number of hydrogen-bond donors (Lipinski definition) is 1. The van der Waals surface area contributed by atoms with Crippen LogP contribution in [-0.2, 0) is 10.0 Å². The van der Waals surface area contributed by atoms with Gasteiger partial charge in [0.05, 0.1) is 23.6 Å². The van der Waals surface area contributed by atoms with E-state index in [0.29, 0.717) is 28.8 Å². The molecule has 0 aromatic heterocycles. The Labute approximate surface area is 111 Å². The molecule has 4 nitrogen and oxygen atoms in total. The number of halogens is 2. The number of ether oxygens (including phenoxy) is 1. The summed E-state index contributed by atoms with van der Waals surface area (Å²) in [5.74, 6) is 0.792. The van der Waals surface area contributed by atoms with Gasteiger partial charge in [-0.05, 0) is 24.6 Å². The lowest BCUT2D eigenvalue weighted by Crippen LogP contribution is -2.16. The third kappa shape index (κ3) is 4.61. The molecule has 0 aliphatic rings. The van der Waals surface area contributed by atoms with Crippen molar-refractivity contribution in [3.05, 3.63) is 23.2 Å². The van der Waals surface area contributed by atoms with Crippen molar-refractivity contribution in [1.82, 2.24) is 0 Å². The molecule has 1 aromatic carbocycles. The first-order valence-corrected chi connectivity index (χ1v) is 7.45. The predicted octanol–water partition coefficient (Wildman–Crippen LogP) is 2.72. The Hall–Kier alpha value is -0.650. The van der Waals surface area contributed by atoms with Crippen molar-refractivity contribution in [2.24, 2.45) is 0 Å². The average Bonchev–Trinajstić information content (AvgIpc) is 2.26. The molecule has 0 unspecified atom stereocenters. The minimum Gasteiger partial charge on any atom is -0.495 e. The molecular formula is C10H13Cl2NO3S. The lowest BCUT2D eigenvalue weighted by atomic mass is 10.3. The number of nitrogens with one attached hydrogen (secondary N) is 1. The summed E-state index contributed by atoms with van der Waals surface area (Å²) in [6, 6.07) is 4.68. The van der Waals surface area contributed by atoms with Crippen LogP contribution in [-0.4, -0.2) is 27.2 Å². The van der Waals surface area contributed by atoms with Crippen LogP contribution >= 0.6 is 23.2 Å². The molecule has 1 N–H and O–H groups in total. The molecule has 0 fully saturated rings. The zero-order valence-electron chi connectivity index (χ0n) is 9.24. The molecule has 96 valence electrons. The van der Waals surface area contributed by atoms with Crippen molar-refractivity contribution in [2.45, 2.75) is 6.42 Å². The topological polar surface area (TPSA) is 55.4 Å². The lowest BCUT2D eigenvalue weighted by molar-refractivity contribution is 0.415. The van der Waals surface area contributed by atoms with Crippen molar-refractivity contribution in [3.63, 3.8) is 0 Å². The molecule has 17 heavy (non-hydrogen) atoms. The summed E-state index contributed by atoms with van der Waals surface area (Å²) in [5.41, 5.74) is 0.408. The second-order valence-corrected chi connectivity index (χ2v) is 5.94. The minimum atomic E-state index is -3.37. The van der Waals surface area contributed by atoms with Crippen LogP contribution in [0.5, 0.6) is 5.75 Å². The standard InChI is InChI=1S/C10H13Cl2NO3S/c1-16-10-4-3-8(7-9(10)12)13-17(14,15)6-2-5-11/h3-4,7,13H,2,5-6H2,1H3. The summed E-state index contributed by atoms with van der Waals surface area (Å²) in [6.45, 7) is 0. The molecule has 0 saturated carbocycles. The van der Waals surface area contributed by atoms with Gasteiger partial charge in [0.25, 0.3) is 0 Å². The smallest absolute Gasteiger partial charge is 0.232 e. The second-order valence-electron chi connectivity index (χ2n) is 3.31. The van der Waals surface area contributed by atoms with Gasteiger partial charge < -0.3 is 4.74 Å². The monoisotopic (exact) mass is 297 g/mol. The van der Waals surface area contributed by atoms with E-state index in [1.165, 1.54) is 13.2 Å². The van der Waals surface area contributed by atoms with E-state index in [-0.39, 0.29) is 5.75 Å². The van der Waals surface area contributed by atoms with Gasteiger partial charge in [-0.3, -0.25) is 4.72 Å². The Morgan fingerprint density at radius 2 is 2.12 bits per heavy atom. The van der Waals surface area contributed by atoms with Crippen LogP contribution in [0.15, 0.2) is 18.2 Å². The Balaban J connectivity index is 2.78. The van der Waals surface area contributed by atoms with Crippen molar-refractivity contribution in [3.8, 4) is 5.75 Å². The van der Waals surface area contributed by atoms with Crippen LogP contribution in [0.1, 0.15) is 6.42 Å². The predicted molar refractivity (Wildman–Crippen MR) is 70.8 cm³/mol. The zero-order valence-corrected chi connectivity index (χ0v) is 11.6. The van der Waals surface area contributed by atoms with Crippen molar-refractivity contribution in [1.29, 1.82) is 0 Å². The molecule has 0 aliphatic carbocycles. The van der Waals surface area contributed by atoms with Gasteiger partial charge in [0.1, 0.15) is 5.75 Å². The molecule has 1 rings (SSSR count). The molecule has 0 heterocycles. The van der Waals surface area contributed by atoms with Crippen molar-refractivity contribution >= 4 is 38.9 Å². The van der Waals surface area contributed by atoms with Crippen LogP contribution in [0.2, 0.25) is 5.02 Å². The SMILES string of the molecule is COc1ccc(NS(=O)(=O)CCCCl)cc1Cl.